The van der Waals surface area contributed by atoms with Crippen LogP contribution in [0.1, 0.15) is 18.1 Å². The largest absolute Gasteiger partial charge is 0.493 e. The zero-order valence-corrected chi connectivity index (χ0v) is 16.0. The zero-order chi connectivity index (χ0) is 19.9. The molecule has 0 aliphatic rings. The van der Waals surface area contributed by atoms with Crippen LogP contribution in [0.15, 0.2) is 42.5 Å². The van der Waals surface area contributed by atoms with Crippen molar-refractivity contribution >= 4 is 6.03 Å². The number of amides is 2. The lowest BCUT2D eigenvalue weighted by atomic mass is 9.95. The van der Waals surface area contributed by atoms with E-state index >= 15 is 0 Å². The highest BCUT2D eigenvalue weighted by Crippen LogP contribution is 2.28. The van der Waals surface area contributed by atoms with Crippen LogP contribution in [0.3, 0.4) is 0 Å². The topological polar surface area (TPSA) is 68.8 Å². The van der Waals surface area contributed by atoms with Gasteiger partial charge in [-0.05, 0) is 30.7 Å². The maximum atomic E-state index is 14.1. The molecule has 0 saturated heterocycles. The second-order valence-corrected chi connectivity index (χ2v) is 6.14. The van der Waals surface area contributed by atoms with Gasteiger partial charge in [0.15, 0.2) is 11.5 Å². The van der Waals surface area contributed by atoms with E-state index in [1.807, 2.05) is 6.07 Å². The van der Waals surface area contributed by atoms with Crippen molar-refractivity contribution in [1.29, 1.82) is 0 Å². The number of hydrogen-bond donors (Lipinski definition) is 2. The average Bonchev–Trinajstić information content (AvgIpc) is 2.70. The minimum Gasteiger partial charge on any atom is -0.493 e. The van der Waals surface area contributed by atoms with Gasteiger partial charge in [-0.2, -0.15) is 0 Å². The molecule has 2 rings (SSSR count). The highest BCUT2D eigenvalue weighted by Gasteiger charge is 2.29. The molecule has 6 nitrogen and oxygen atoms in total. The Morgan fingerprint density at radius 3 is 2.37 bits per heavy atom. The van der Waals surface area contributed by atoms with E-state index in [-0.39, 0.29) is 18.4 Å². The molecule has 7 heteroatoms. The Morgan fingerprint density at radius 1 is 1.04 bits per heavy atom. The molecule has 1 atom stereocenters. The molecule has 2 N–H and O–H groups in total. The van der Waals surface area contributed by atoms with Crippen LogP contribution in [0, 0.1) is 5.82 Å². The molecule has 2 amide bonds. The maximum absolute atomic E-state index is 14.1. The summed E-state index contributed by atoms with van der Waals surface area (Å²) in [6.45, 7) is 2.14. The number of nitrogens with one attached hydrogen (secondary N) is 2. The van der Waals surface area contributed by atoms with Gasteiger partial charge < -0.3 is 24.8 Å². The molecule has 146 valence electrons. The Bertz CT molecular complexity index is 784. The fraction of sp³-hybridized carbons (Fsp3) is 0.350. The molecule has 0 saturated carbocycles. The van der Waals surface area contributed by atoms with Crippen LogP contribution in [0.2, 0.25) is 0 Å². The Balaban J connectivity index is 1.95. The van der Waals surface area contributed by atoms with E-state index in [4.69, 9.17) is 14.2 Å². The van der Waals surface area contributed by atoms with E-state index < -0.39 is 5.60 Å². The molecule has 2 aromatic rings. The summed E-state index contributed by atoms with van der Waals surface area (Å²) in [6, 6.07) is 11.4. The van der Waals surface area contributed by atoms with Gasteiger partial charge in [0.05, 0.1) is 20.8 Å². The van der Waals surface area contributed by atoms with Gasteiger partial charge in [-0.3, -0.25) is 0 Å². The molecule has 27 heavy (non-hydrogen) atoms. The predicted molar refractivity (Wildman–Crippen MR) is 101 cm³/mol. The highest BCUT2D eigenvalue weighted by molar-refractivity contribution is 5.74. The number of methoxy groups -OCH3 is 3. The molecule has 0 bridgehead atoms. The summed E-state index contributed by atoms with van der Waals surface area (Å²) >= 11 is 0. The van der Waals surface area contributed by atoms with E-state index in [1.54, 1.807) is 51.5 Å². The number of urea groups is 1. The normalized spacial score (nSPS) is 12.8. The fourth-order valence-corrected chi connectivity index (χ4v) is 2.65. The van der Waals surface area contributed by atoms with Crippen LogP contribution < -0.4 is 20.1 Å². The van der Waals surface area contributed by atoms with Crippen molar-refractivity contribution in [1.82, 2.24) is 10.6 Å². The Labute approximate surface area is 158 Å². The number of halogens is 1. The van der Waals surface area contributed by atoms with Crippen molar-refractivity contribution in [3.8, 4) is 11.5 Å². The van der Waals surface area contributed by atoms with Crippen LogP contribution >= 0.6 is 0 Å². The third-order valence-electron chi connectivity index (χ3n) is 4.38. The minimum atomic E-state index is -0.980. The first-order valence-electron chi connectivity index (χ1n) is 8.46. The Hall–Kier alpha value is -2.80. The van der Waals surface area contributed by atoms with Crippen LogP contribution in [0.5, 0.6) is 11.5 Å². The van der Waals surface area contributed by atoms with E-state index in [9.17, 15) is 9.18 Å². The minimum absolute atomic E-state index is 0.113. The second kappa shape index (κ2) is 9.23. The smallest absolute Gasteiger partial charge is 0.315 e. The number of carbonyl (C=O) groups is 1. The van der Waals surface area contributed by atoms with E-state index in [2.05, 4.69) is 10.6 Å². The van der Waals surface area contributed by atoms with Gasteiger partial charge >= 0.3 is 6.03 Å². The average molecular weight is 376 g/mol. The summed E-state index contributed by atoms with van der Waals surface area (Å²) in [4.78, 5) is 12.1. The van der Waals surface area contributed by atoms with Gasteiger partial charge in [0.25, 0.3) is 0 Å². The first-order chi connectivity index (χ1) is 12.9. The molecule has 0 aliphatic carbocycles. The van der Waals surface area contributed by atoms with Gasteiger partial charge in [-0.25, -0.2) is 9.18 Å². The summed E-state index contributed by atoms with van der Waals surface area (Å²) in [5.74, 6) is 0.824. The highest BCUT2D eigenvalue weighted by atomic mass is 19.1. The van der Waals surface area contributed by atoms with Gasteiger partial charge in [-0.1, -0.05) is 24.3 Å². The van der Waals surface area contributed by atoms with E-state index in [1.165, 1.54) is 13.2 Å². The van der Waals surface area contributed by atoms with Gasteiger partial charge in [0.1, 0.15) is 11.4 Å². The summed E-state index contributed by atoms with van der Waals surface area (Å²) in [6.07, 6.45) is 0. The SMILES string of the molecule is COc1ccc(CNC(=O)NC[C@](C)(OC)c2ccccc2F)cc1OC. The van der Waals surface area contributed by atoms with Crippen LogP contribution in [-0.4, -0.2) is 33.9 Å². The fourth-order valence-electron chi connectivity index (χ4n) is 2.65. The summed E-state index contributed by atoms with van der Waals surface area (Å²) in [5.41, 5.74) is 0.255. The van der Waals surface area contributed by atoms with Crippen molar-refractivity contribution in [3.63, 3.8) is 0 Å². The van der Waals surface area contributed by atoms with E-state index in [0.717, 1.165) is 5.56 Å². The molecule has 0 heterocycles. The standard InChI is InChI=1S/C20H25FN2O4/c1-20(27-4,15-7-5-6-8-16(15)21)13-23-19(24)22-12-14-9-10-17(25-2)18(11-14)26-3/h5-11H,12-13H2,1-4H3,(H2,22,23,24)/t20-/m0/s1. The lowest BCUT2D eigenvalue weighted by molar-refractivity contribution is 0.00203. The van der Waals surface area contributed by atoms with Crippen LogP contribution in [-0.2, 0) is 16.9 Å². The van der Waals surface area contributed by atoms with E-state index in [0.29, 0.717) is 23.6 Å². The van der Waals surface area contributed by atoms with Gasteiger partial charge in [-0.15, -0.1) is 0 Å². The Morgan fingerprint density at radius 2 is 1.74 bits per heavy atom. The van der Waals surface area contributed by atoms with Crippen LogP contribution in [0.25, 0.3) is 0 Å². The van der Waals surface area contributed by atoms with Crippen molar-refractivity contribution in [2.24, 2.45) is 0 Å². The molecular formula is C20H25FN2O4. The first-order valence-corrected chi connectivity index (χ1v) is 8.46. The lowest BCUT2D eigenvalue weighted by Crippen LogP contribution is -2.44. The summed E-state index contributed by atoms with van der Waals surface area (Å²) in [5, 5.41) is 5.48. The van der Waals surface area contributed by atoms with Crippen molar-refractivity contribution in [3.05, 3.63) is 59.4 Å². The summed E-state index contributed by atoms with van der Waals surface area (Å²) in [7, 11) is 4.59. The molecule has 2 aromatic carbocycles. The zero-order valence-electron chi connectivity index (χ0n) is 16.0. The monoisotopic (exact) mass is 376 g/mol. The Kier molecular flexibility index (Phi) is 7.01. The number of ether oxygens (including phenoxy) is 3. The molecule has 0 fully saturated rings. The van der Waals surface area contributed by atoms with Gasteiger partial charge in [0.2, 0.25) is 0 Å². The third kappa shape index (κ3) is 5.10. The molecule has 0 aromatic heterocycles. The van der Waals surface area contributed by atoms with Crippen molar-refractivity contribution in [2.45, 2.75) is 19.1 Å². The third-order valence-corrected chi connectivity index (χ3v) is 4.38. The van der Waals surface area contributed by atoms with Gasteiger partial charge in [0, 0.05) is 19.2 Å². The van der Waals surface area contributed by atoms with Crippen LogP contribution in [0.4, 0.5) is 9.18 Å². The van der Waals surface area contributed by atoms with Crippen molar-refractivity contribution in [2.75, 3.05) is 27.9 Å². The molecule has 0 unspecified atom stereocenters. The quantitative estimate of drug-likeness (QED) is 0.742. The number of carbonyl (C=O) groups excluding carboxylic acids is 1. The number of rotatable bonds is 8. The number of benzene rings is 2. The molecule has 0 aliphatic heterocycles. The molecule has 0 radical (unpaired) electrons. The molecular weight excluding hydrogens is 351 g/mol. The summed E-state index contributed by atoms with van der Waals surface area (Å²) < 4.78 is 30.0. The lowest BCUT2D eigenvalue weighted by Gasteiger charge is -2.29. The molecule has 0 spiro atoms. The predicted octanol–water partition coefficient (Wildman–Crippen LogP) is 3.20. The second-order valence-electron chi connectivity index (χ2n) is 6.14. The maximum Gasteiger partial charge on any atom is 0.315 e. The first kappa shape index (κ1) is 20.5. The van der Waals surface area contributed by atoms with Crippen molar-refractivity contribution < 1.29 is 23.4 Å². The number of hydrogen-bond acceptors (Lipinski definition) is 4.